The number of carbonyl (C=O) groups is 1. The van der Waals surface area contributed by atoms with Crippen molar-refractivity contribution >= 4 is 5.91 Å². The molecule has 0 atom stereocenters. The first-order valence-corrected chi connectivity index (χ1v) is 32.7. The van der Waals surface area contributed by atoms with E-state index in [9.17, 15) is 4.79 Å². The molecule has 80 heavy (non-hydrogen) atoms. The standard InChI is InChI=1S/C58H137N21O/c1-58(80)74-32-31-73-41-52-77(46-14-6-10-21-62-2)51-40-71-29-27-69-38-49-75(44-15-7-11-23-65-34-53-78(48-33-64-4)55-36-67-25-19-60)45-16-8-12-24-66-35-54-79(56-37-68-26-20-61)57-42-72-30-28-70-39-50-76(47-17-22-63-3)43-13-5-9-18-59/h62-73H,5-57,59-61H2,1-4H3,(H,74,80). The molecule has 0 rings (SSSR count). The molecule has 0 aromatic rings. The van der Waals surface area contributed by atoms with Gasteiger partial charge in [-0.1, -0.05) is 25.7 Å². The lowest BCUT2D eigenvalue weighted by atomic mass is 10.2. The van der Waals surface area contributed by atoms with E-state index in [2.05, 4.69) is 93.6 Å². The smallest absolute Gasteiger partial charge is 0.216 e. The summed E-state index contributed by atoms with van der Waals surface area (Å²) >= 11 is 0. The zero-order valence-corrected chi connectivity index (χ0v) is 52.9. The SMILES string of the molecule is CNCCCCCN(CCNCCNCCN(CCCCCNCCN(CCNC)CCNCCN)CCCCCNCCN(CCNCCN)CCNCCNCCN(CCCCCN)CCCNC)CCNCCNC(C)=O. The van der Waals surface area contributed by atoms with Crippen LogP contribution in [-0.2, 0) is 4.79 Å². The van der Waals surface area contributed by atoms with E-state index in [0.717, 1.165) is 229 Å². The highest BCUT2D eigenvalue weighted by atomic mass is 16.1. The molecule has 0 saturated heterocycles. The Hall–Kier alpha value is -1.33. The summed E-state index contributed by atoms with van der Waals surface area (Å²) in [6.07, 6.45) is 16.0. The molecule has 22 heteroatoms. The highest BCUT2D eigenvalue weighted by Gasteiger charge is 2.10. The van der Waals surface area contributed by atoms with Crippen LogP contribution in [-0.4, -0.2) is 313 Å². The molecule has 0 bridgehead atoms. The van der Waals surface area contributed by atoms with Gasteiger partial charge in [-0.2, -0.15) is 0 Å². The van der Waals surface area contributed by atoms with Crippen LogP contribution in [0.5, 0.6) is 0 Å². The van der Waals surface area contributed by atoms with Crippen molar-refractivity contribution in [1.82, 2.24) is 93.6 Å². The average Bonchev–Trinajstić information content (AvgIpc) is 3.45. The summed E-state index contributed by atoms with van der Waals surface area (Å²) in [5.41, 5.74) is 17.2. The van der Waals surface area contributed by atoms with Gasteiger partial charge >= 0.3 is 0 Å². The highest BCUT2D eigenvalue weighted by molar-refractivity contribution is 5.72. The van der Waals surface area contributed by atoms with Crippen molar-refractivity contribution in [2.45, 2.75) is 90.4 Å². The Morgan fingerprint density at radius 2 is 0.512 bits per heavy atom. The molecule has 0 aromatic carbocycles. The predicted octanol–water partition coefficient (Wildman–Crippen LogP) is -2.46. The molecule has 19 N–H and O–H groups in total. The molecule has 0 aromatic heterocycles. The van der Waals surface area contributed by atoms with Crippen molar-refractivity contribution in [2.75, 3.05) is 283 Å². The summed E-state index contributed by atoms with van der Waals surface area (Å²) in [5.74, 6) is 0.0297. The van der Waals surface area contributed by atoms with Crippen molar-refractivity contribution in [1.29, 1.82) is 0 Å². The van der Waals surface area contributed by atoms with Gasteiger partial charge in [0.2, 0.25) is 5.91 Å². The zero-order valence-electron chi connectivity index (χ0n) is 52.9. The Morgan fingerprint density at radius 1 is 0.250 bits per heavy atom. The third kappa shape index (κ3) is 59.8. The van der Waals surface area contributed by atoms with Crippen LogP contribution in [0.1, 0.15) is 90.4 Å². The maximum atomic E-state index is 11.2. The van der Waals surface area contributed by atoms with Crippen molar-refractivity contribution < 1.29 is 4.79 Å². The summed E-state index contributed by atoms with van der Waals surface area (Å²) in [7, 11) is 6.10. The normalized spacial score (nSPS) is 12.1. The van der Waals surface area contributed by atoms with Gasteiger partial charge in [0.15, 0.2) is 0 Å². The molecule has 480 valence electrons. The van der Waals surface area contributed by atoms with E-state index in [0.29, 0.717) is 19.6 Å². The van der Waals surface area contributed by atoms with Crippen LogP contribution >= 0.6 is 0 Å². The highest BCUT2D eigenvalue weighted by Crippen LogP contribution is 2.04. The fourth-order valence-corrected chi connectivity index (χ4v) is 9.57. The lowest BCUT2D eigenvalue weighted by Crippen LogP contribution is -2.42. The van der Waals surface area contributed by atoms with Gasteiger partial charge in [0.25, 0.3) is 0 Å². The van der Waals surface area contributed by atoms with E-state index >= 15 is 0 Å². The first-order chi connectivity index (χ1) is 39.4. The number of hydrogen-bond acceptors (Lipinski definition) is 21. The summed E-state index contributed by atoms with van der Waals surface area (Å²) in [4.78, 5) is 24.2. The van der Waals surface area contributed by atoms with E-state index in [-0.39, 0.29) is 5.91 Å². The number of nitrogens with zero attached hydrogens (tertiary/aromatic N) is 5. The Kier molecular flexibility index (Phi) is 65.7. The van der Waals surface area contributed by atoms with Crippen LogP contribution in [0.3, 0.4) is 0 Å². The third-order valence-electron chi connectivity index (χ3n) is 14.5. The minimum Gasteiger partial charge on any atom is -0.355 e. The van der Waals surface area contributed by atoms with Crippen molar-refractivity contribution in [3.8, 4) is 0 Å². The molecular weight excluding hydrogens is 1010 g/mol. The van der Waals surface area contributed by atoms with E-state index in [1.165, 1.54) is 96.7 Å². The Morgan fingerprint density at radius 3 is 0.850 bits per heavy atom. The monoisotopic (exact) mass is 1140 g/mol. The Labute approximate surface area is 493 Å². The molecule has 0 aliphatic carbocycles. The van der Waals surface area contributed by atoms with Crippen LogP contribution < -0.4 is 86.3 Å². The molecule has 0 spiro atoms. The number of carbonyl (C=O) groups excluding carboxylic acids is 1. The van der Waals surface area contributed by atoms with Crippen molar-refractivity contribution in [3.63, 3.8) is 0 Å². The lowest BCUT2D eigenvalue weighted by molar-refractivity contribution is -0.118. The molecule has 1 amide bonds. The summed E-state index contributed by atoms with van der Waals surface area (Å²) in [6.45, 7) is 41.7. The number of likely N-dealkylation sites (N-methyl/N-ethyl adjacent to an activating group) is 1. The molecular formula is C58H137N21O. The fraction of sp³-hybridized carbons (Fsp3) is 0.983. The minimum atomic E-state index is 0.0297. The molecule has 0 saturated carbocycles. The number of unbranched alkanes of at least 4 members (excludes halogenated alkanes) is 8. The van der Waals surface area contributed by atoms with Crippen LogP contribution in [0.4, 0.5) is 0 Å². The summed E-state index contributed by atoms with van der Waals surface area (Å²) in [6, 6.07) is 0. The van der Waals surface area contributed by atoms with Crippen LogP contribution in [0.25, 0.3) is 0 Å². The van der Waals surface area contributed by atoms with Crippen molar-refractivity contribution in [3.05, 3.63) is 0 Å². The second kappa shape index (κ2) is 66.8. The summed E-state index contributed by atoms with van der Waals surface area (Å²) < 4.78 is 0. The Balaban J connectivity index is 4.86. The van der Waals surface area contributed by atoms with E-state index in [4.69, 9.17) is 17.2 Å². The zero-order chi connectivity index (χ0) is 58.1. The molecule has 0 fully saturated rings. The second-order valence-corrected chi connectivity index (χ2v) is 21.7. The van der Waals surface area contributed by atoms with E-state index in [1.807, 2.05) is 21.1 Å². The fourth-order valence-electron chi connectivity index (χ4n) is 9.57. The van der Waals surface area contributed by atoms with E-state index < -0.39 is 0 Å². The van der Waals surface area contributed by atoms with Gasteiger partial charge in [-0.3, -0.25) is 14.6 Å². The molecule has 0 unspecified atom stereocenters. The lowest BCUT2D eigenvalue weighted by Gasteiger charge is -2.24. The first kappa shape index (κ1) is 78.7. The Bertz CT molecular complexity index is 1190. The maximum absolute atomic E-state index is 11.2. The van der Waals surface area contributed by atoms with Crippen LogP contribution in [0.15, 0.2) is 0 Å². The first-order valence-electron chi connectivity index (χ1n) is 32.7. The molecule has 0 aliphatic heterocycles. The molecule has 0 radical (unpaired) electrons. The summed E-state index contributed by atoms with van der Waals surface area (Å²) in [5, 5.41) is 45.5. The predicted molar refractivity (Wildman–Crippen MR) is 346 cm³/mol. The van der Waals surface area contributed by atoms with Gasteiger partial charge in [-0.05, 0) is 144 Å². The average molecular weight is 1140 g/mol. The minimum absolute atomic E-state index is 0.0297. The van der Waals surface area contributed by atoms with Crippen LogP contribution in [0.2, 0.25) is 0 Å². The van der Waals surface area contributed by atoms with Gasteiger partial charge in [0, 0.05) is 203 Å². The number of nitrogens with one attached hydrogen (secondary N) is 13. The number of nitrogens with two attached hydrogens (primary N) is 3. The number of hydrogen-bond donors (Lipinski definition) is 16. The van der Waals surface area contributed by atoms with Gasteiger partial charge in [-0.25, -0.2) is 0 Å². The van der Waals surface area contributed by atoms with Crippen LogP contribution in [0, 0.1) is 0 Å². The maximum Gasteiger partial charge on any atom is 0.216 e. The third-order valence-corrected chi connectivity index (χ3v) is 14.5. The largest absolute Gasteiger partial charge is 0.355 e. The molecule has 0 aliphatic rings. The molecule has 22 nitrogen and oxygen atoms in total. The number of rotatable bonds is 70. The molecule has 0 heterocycles. The quantitative estimate of drug-likeness (QED) is 0.0282. The van der Waals surface area contributed by atoms with E-state index in [1.54, 1.807) is 6.92 Å². The van der Waals surface area contributed by atoms with Gasteiger partial charge in [0.05, 0.1) is 0 Å². The van der Waals surface area contributed by atoms with Gasteiger partial charge < -0.3 is 101 Å². The number of amides is 1. The van der Waals surface area contributed by atoms with Crippen molar-refractivity contribution in [2.24, 2.45) is 17.2 Å². The van der Waals surface area contributed by atoms with Gasteiger partial charge in [-0.15, -0.1) is 0 Å². The second-order valence-electron chi connectivity index (χ2n) is 21.7. The topological polar surface area (TPSA) is 268 Å². The van der Waals surface area contributed by atoms with Gasteiger partial charge in [0.1, 0.15) is 0 Å².